The highest BCUT2D eigenvalue weighted by Gasteiger charge is 2.22. The highest BCUT2D eigenvalue weighted by Crippen LogP contribution is 2.17. The maximum absolute atomic E-state index is 13.3. The van der Waals surface area contributed by atoms with Crippen LogP contribution in [-0.4, -0.2) is 22.0 Å². The minimum Gasteiger partial charge on any atom is -0.479 e. The number of hydrogen-bond donors (Lipinski definition) is 2. The van der Waals surface area contributed by atoms with E-state index in [9.17, 15) is 19.1 Å². The van der Waals surface area contributed by atoms with Gasteiger partial charge in [-0.2, -0.15) is 0 Å². The Labute approximate surface area is 130 Å². The predicted molar refractivity (Wildman–Crippen MR) is 80.1 cm³/mol. The van der Waals surface area contributed by atoms with Crippen LogP contribution in [0.1, 0.15) is 28.6 Å². The van der Waals surface area contributed by atoms with Crippen LogP contribution < -0.4 is 5.32 Å². The first kappa shape index (κ1) is 16.1. The van der Waals surface area contributed by atoms with Gasteiger partial charge in [0.2, 0.25) is 5.91 Å². The van der Waals surface area contributed by atoms with Crippen molar-refractivity contribution >= 4 is 23.2 Å². The zero-order valence-corrected chi connectivity index (χ0v) is 12.7. The summed E-state index contributed by atoms with van der Waals surface area (Å²) < 4.78 is 13.3. The smallest absolute Gasteiger partial charge is 0.330 e. The first-order valence-corrected chi connectivity index (χ1v) is 7.52. The van der Waals surface area contributed by atoms with Gasteiger partial charge in [0.1, 0.15) is 5.82 Å². The number of amides is 1. The lowest BCUT2D eigenvalue weighted by atomic mass is 10.0. The molecule has 2 aromatic rings. The van der Waals surface area contributed by atoms with Crippen LogP contribution in [0.4, 0.5) is 4.39 Å². The third-order valence-corrected chi connectivity index (χ3v) is 3.96. The van der Waals surface area contributed by atoms with Gasteiger partial charge in [0.25, 0.3) is 0 Å². The second-order valence-electron chi connectivity index (χ2n) is 4.77. The molecule has 116 valence electrons. The Bertz CT molecular complexity index is 673. The number of carboxylic acids is 1. The lowest BCUT2D eigenvalue weighted by molar-refractivity contribution is -0.142. The number of halogens is 1. The second kappa shape index (κ2) is 7.13. The molecule has 0 saturated heterocycles. The summed E-state index contributed by atoms with van der Waals surface area (Å²) in [4.78, 5) is 27.3. The molecule has 1 aromatic carbocycles. The van der Waals surface area contributed by atoms with Crippen LogP contribution in [0.15, 0.2) is 29.8 Å². The Hall–Kier alpha value is -2.28. The van der Waals surface area contributed by atoms with Crippen LogP contribution in [-0.2, 0) is 16.0 Å². The fraction of sp³-hybridized carbons (Fsp3) is 0.267. The number of benzene rings is 1. The van der Waals surface area contributed by atoms with Gasteiger partial charge in [-0.25, -0.2) is 14.2 Å². The van der Waals surface area contributed by atoms with Crippen molar-refractivity contribution in [1.29, 1.82) is 0 Å². The highest BCUT2D eigenvalue weighted by molar-refractivity contribution is 7.09. The van der Waals surface area contributed by atoms with Crippen LogP contribution in [0.2, 0.25) is 0 Å². The van der Waals surface area contributed by atoms with Crippen molar-refractivity contribution in [3.63, 3.8) is 0 Å². The molecule has 1 atom stereocenters. The normalized spacial score (nSPS) is 11.9. The number of carboxylic acid groups (broad SMARTS) is 1. The van der Waals surface area contributed by atoms with Crippen molar-refractivity contribution in [3.8, 4) is 0 Å². The molecule has 0 saturated carbocycles. The van der Waals surface area contributed by atoms with Crippen molar-refractivity contribution in [1.82, 2.24) is 10.3 Å². The fourth-order valence-electron chi connectivity index (χ4n) is 1.97. The maximum Gasteiger partial charge on any atom is 0.330 e. The molecule has 0 radical (unpaired) electrons. The largest absolute Gasteiger partial charge is 0.479 e. The molecule has 0 fully saturated rings. The van der Waals surface area contributed by atoms with Crippen LogP contribution in [0.25, 0.3) is 0 Å². The summed E-state index contributed by atoms with van der Waals surface area (Å²) in [7, 11) is 0. The number of nitrogens with one attached hydrogen (secondary N) is 1. The second-order valence-corrected chi connectivity index (χ2v) is 5.75. The Morgan fingerprint density at radius 1 is 1.45 bits per heavy atom. The molecule has 2 rings (SSSR count). The van der Waals surface area contributed by atoms with E-state index in [-0.39, 0.29) is 12.3 Å². The van der Waals surface area contributed by atoms with Crippen molar-refractivity contribution < 1.29 is 19.1 Å². The van der Waals surface area contributed by atoms with Gasteiger partial charge in [-0.05, 0) is 24.1 Å². The molecule has 0 spiro atoms. The molecule has 0 bridgehead atoms. The summed E-state index contributed by atoms with van der Waals surface area (Å²) >= 11 is 1.44. The number of aromatic nitrogens is 1. The van der Waals surface area contributed by atoms with Crippen molar-refractivity contribution in [2.45, 2.75) is 25.8 Å². The quantitative estimate of drug-likeness (QED) is 0.856. The minimum absolute atomic E-state index is 0.150. The molecular weight excluding hydrogens is 307 g/mol. The molecule has 0 aliphatic rings. The molecule has 5 nitrogen and oxygen atoms in total. The first-order chi connectivity index (χ1) is 10.5. The van der Waals surface area contributed by atoms with Gasteiger partial charge in [-0.1, -0.05) is 12.1 Å². The standard InChI is InChI=1S/C15H15FN2O3S/c1-9-8-10(2-3-11(9)16)14(15(20)21)18-12(19)4-5-13-17-6-7-22-13/h2-3,6-8,14H,4-5H2,1H3,(H,18,19)(H,20,21). The van der Waals surface area contributed by atoms with Gasteiger partial charge in [0.15, 0.2) is 6.04 Å². The van der Waals surface area contributed by atoms with E-state index >= 15 is 0 Å². The number of carbonyl (C=O) groups is 2. The van der Waals surface area contributed by atoms with Crippen molar-refractivity contribution in [2.75, 3.05) is 0 Å². The molecule has 22 heavy (non-hydrogen) atoms. The monoisotopic (exact) mass is 322 g/mol. The van der Waals surface area contributed by atoms with E-state index in [1.54, 1.807) is 13.1 Å². The number of thiazole rings is 1. The summed E-state index contributed by atoms with van der Waals surface area (Å²) in [5.41, 5.74) is 0.676. The van der Waals surface area contributed by atoms with Gasteiger partial charge in [0.05, 0.1) is 5.01 Å². The number of hydrogen-bond acceptors (Lipinski definition) is 4. The summed E-state index contributed by atoms with van der Waals surface area (Å²) in [6.07, 6.45) is 2.26. The molecule has 1 aromatic heterocycles. The van der Waals surface area contributed by atoms with E-state index in [4.69, 9.17) is 0 Å². The van der Waals surface area contributed by atoms with E-state index < -0.39 is 17.8 Å². The topological polar surface area (TPSA) is 79.3 Å². The van der Waals surface area contributed by atoms with Crippen LogP contribution in [0, 0.1) is 12.7 Å². The number of aryl methyl sites for hydroxylation is 2. The van der Waals surface area contributed by atoms with E-state index in [1.165, 1.54) is 29.5 Å². The molecule has 1 unspecified atom stereocenters. The van der Waals surface area contributed by atoms with Gasteiger partial charge in [-0.15, -0.1) is 11.3 Å². The van der Waals surface area contributed by atoms with E-state index in [1.807, 2.05) is 5.38 Å². The Kier molecular flexibility index (Phi) is 5.21. The first-order valence-electron chi connectivity index (χ1n) is 6.64. The molecule has 2 N–H and O–H groups in total. The van der Waals surface area contributed by atoms with Gasteiger partial charge < -0.3 is 10.4 Å². The van der Waals surface area contributed by atoms with Crippen LogP contribution in [0.5, 0.6) is 0 Å². The highest BCUT2D eigenvalue weighted by atomic mass is 32.1. The summed E-state index contributed by atoms with van der Waals surface area (Å²) in [6, 6.07) is 2.79. The molecule has 7 heteroatoms. The van der Waals surface area contributed by atoms with Crippen LogP contribution in [0.3, 0.4) is 0 Å². The zero-order chi connectivity index (χ0) is 16.1. The van der Waals surface area contributed by atoms with Crippen molar-refractivity contribution in [2.24, 2.45) is 0 Å². The van der Waals surface area contributed by atoms with E-state index in [0.29, 0.717) is 17.5 Å². The predicted octanol–water partition coefficient (Wildman–Crippen LogP) is 2.47. The number of aliphatic carboxylic acids is 1. The Morgan fingerprint density at radius 3 is 2.82 bits per heavy atom. The summed E-state index contributed by atoms with van der Waals surface area (Å²) in [5, 5.41) is 14.4. The average molecular weight is 322 g/mol. The van der Waals surface area contributed by atoms with E-state index in [0.717, 1.165) is 5.01 Å². The van der Waals surface area contributed by atoms with Crippen molar-refractivity contribution in [3.05, 3.63) is 51.7 Å². The zero-order valence-electron chi connectivity index (χ0n) is 11.9. The fourth-order valence-corrected chi connectivity index (χ4v) is 2.59. The maximum atomic E-state index is 13.3. The summed E-state index contributed by atoms with van der Waals surface area (Å²) in [5.74, 6) is -1.99. The third kappa shape index (κ3) is 4.11. The van der Waals surface area contributed by atoms with Gasteiger partial charge in [0, 0.05) is 24.4 Å². The molecular formula is C15H15FN2O3S. The average Bonchev–Trinajstić information content (AvgIpc) is 2.98. The molecule has 0 aliphatic heterocycles. The third-order valence-electron chi connectivity index (χ3n) is 3.12. The molecule has 1 heterocycles. The summed E-state index contributed by atoms with van der Waals surface area (Å²) in [6.45, 7) is 1.54. The number of rotatable bonds is 6. The Morgan fingerprint density at radius 2 is 2.23 bits per heavy atom. The molecule has 1 amide bonds. The number of carbonyl (C=O) groups excluding carboxylic acids is 1. The Balaban J connectivity index is 2.03. The SMILES string of the molecule is Cc1cc(C(NC(=O)CCc2nccs2)C(=O)O)ccc1F. The van der Waals surface area contributed by atoms with Crippen LogP contribution >= 0.6 is 11.3 Å². The van der Waals surface area contributed by atoms with Gasteiger partial charge in [-0.3, -0.25) is 4.79 Å². The lowest BCUT2D eigenvalue weighted by Crippen LogP contribution is -2.34. The molecule has 0 aliphatic carbocycles. The van der Waals surface area contributed by atoms with E-state index in [2.05, 4.69) is 10.3 Å². The minimum atomic E-state index is -1.19. The van der Waals surface area contributed by atoms with Gasteiger partial charge >= 0.3 is 5.97 Å². The lowest BCUT2D eigenvalue weighted by Gasteiger charge is -2.15. The number of nitrogens with zero attached hydrogens (tertiary/aromatic N) is 1.